The molecule has 1 aromatic heterocycles. The second kappa shape index (κ2) is 10.9. The number of carbonyl (C=O) groups excluding carboxylic acids is 2. The molecule has 7 heteroatoms. The fourth-order valence-electron chi connectivity index (χ4n) is 3.32. The van der Waals surface area contributed by atoms with Crippen LogP contribution in [0.1, 0.15) is 65.3 Å². The number of aromatic nitrogens is 2. The number of nitrogens with zero attached hydrogens (tertiary/aromatic N) is 2. The zero-order valence-electron chi connectivity index (χ0n) is 16.9. The molecule has 1 heterocycles. The molecule has 1 aliphatic carbocycles. The lowest BCUT2D eigenvalue weighted by molar-refractivity contribution is -0.121. The lowest BCUT2D eigenvalue weighted by Gasteiger charge is -2.12. The molecule has 0 fully saturated rings. The molecule has 0 bridgehead atoms. The molecule has 0 saturated heterocycles. The first-order valence-corrected chi connectivity index (χ1v) is 11.1. The Hall–Kier alpha value is -2.54. The van der Waals surface area contributed by atoms with Crippen molar-refractivity contribution in [1.82, 2.24) is 15.5 Å². The highest BCUT2D eigenvalue weighted by molar-refractivity contribution is 7.13. The van der Waals surface area contributed by atoms with E-state index in [-0.39, 0.29) is 11.8 Å². The van der Waals surface area contributed by atoms with Gasteiger partial charge in [-0.3, -0.25) is 9.59 Å². The lowest BCUT2D eigenvalue weighted by Crippen LogP contribution is -2.24. The van der Waals surface area contributed by atoms with Crippen molar-refractivity contribution in [3.8, 4) is 0 Å². The molecular formula is C22H28N4O2S. The molecule has 2 aromatic rings. The van der Waals surface area contributed by atoms with Crippen molar-refractivity contribution in [3.05, 3.63) is 51.5 Å². The Balaban J connectivity index is 1.36. The van der Waals surface area contributed by atoms with E-state index in [9.17, 15) is 9.59 Å². The van der Waals surface area contributed by atoms with Gasteiger partial charge in [0.15, 0.2) is 0 Å². The molecule has 29 heavy (non-hydrogen) atoms. The first kappa shape index (κ1) is 21.2. The molecule has 2 amide bonds. The van der Waals surface area contributed by atoms with Crippen molar-refractivity contribution in [3.63, 3.8) is 0 Å². The van der Waals surface area contributed by atoms with Crippen molar-refractivity contribution in [1.29, 1.82) is 0 Å². The summed E-state index contributed by atoms with van der Waals surface area (Å²) in [4.78, 5) is 24.3. The molecule has 0 radical (unpaired) electrons. The van der Waals surface area contributed by atoms with E-state index in [1.807, 2.05) is 31.2 Å². The molecule has 0 atom stereocenters. The first-order chi connectivity index (χ1) is 14.1. The average molecular weight is 413 g/mol. The maximum absolute atomic E-state index is 12.3. The van der Waals surface area contributed by atoms with E-state index in [2.05, 4.69) is 26.9 Å². The molecule has 0 spiro atoms. The number of hydrogen-bond donors (Lipinski definition) is 2. The molecule has 1 aromatic carbocycles. The monoisotopic (exact) mass is 412 g/mol. The number of allylic oxidation sites excluding steroid dienone is 1. The minimum absolute atomic E-state index is 0.0726. The summed E-state index contributed by atoms with van der Waals surface area (Å²) in [5.41, 5.74) is 3.24. The number of carbonyl (C=O) groups is 2. The van der Waals surface area contributed by atoms with E-state index in [0.717, 1.165) is 22.7 Å². The summed E-state index contributed by atoms with van der Waals surface area (Å²) in [5.74, 6) is -0.179. The maximum Gasteiger partial charge on any atom is 0.286 e. The van der Waals surface area contributed by atoms with Gasteiger partial charge < -0.3 is 10.6 Å². The fraction of sp³-hybridized carbons (Fsp3) is 0.455. The molecule has 0 saturated carbocycles. The van der Waals surface area contributed by atoms with Crippen molar-refractivity contribution >= 4 is 28.8 Å². The number of nitrogens with one attached hydrogen (secondary N) is 2. The van der Waals surface area contributed by atoms with Gasteiger partial charge in [-0.1, -0.05) is 41.2 Å². The minimum Gasteiger partial charge on any atom is -0.356 e. The summed E-state index contributed by atoms with van der Waals surface area (Å²) in [5, 5.41) is 15.1. The van der Waals surface area contributed by atoms with Crippen LogP contribution in [0.2, 0.25) is 0 Å². The van der Waals surface area contributed by atoms with Gasteiger partial charge in [0.25, 0.3) is 5.91 Å². The van der Waals surface area contributed by atoms with Crippen LogP contribution in [0, 0.1) is 6.92 Å². The van der Waals surface area contributed by atoms with E-state index in [1.54, 1.807) is 0 Å². The van der Waals surface area contributed by atoms with E-state index >= 15 is 0 Å². The summed E-state index contributed by atoms with van der Waals surface area (Å²) in [6.45, 7) is 2.66. The first-order valence-electron chi connectivity index (χ1n) is 10.3. The predicted molar refractivity (Wildman–Crippen MR) is 116 cm³/mol. The van der Waals surface area contributed by atoms with Gasteiger partial charge in [-0.05, 0) is 57.1 Å². The average Bonchev–Trinajstić information content (AvgIpc) is 3.20. The second-order valence-electron chi connectivity index (χ2n) is 7.33. The molecule has 0 unspecified atom stereocenters. The topological polar surface area (TPSA) is 84.0 Å². The number of amides is 2. The zero-order valence-corrected chi connectivity index (χ0v) is 17.7. The second-order valence-corrected chi connectivity index (χ2v) is 8.39. The van der Waals surface area contributed by atoms with Crippen LogP contribution in [0.5, 0.6) is 0 Å². The van der Waals surface area contributed by atoms with Crippen molar-refractivity contribution in [2.75, 3.05) is 11.9 Å². The number of aryl methyl sites for hydroxylation is 2. The van der Waals surface area contributed by atoms with Crippen molar-refractivity contribution in [2.45, 2.75) is 58.3 Å². The Morgan fingerprint density at radius 3 is 2.79 bits per heavy atom. The highest BCUT2D eigenvalue weighted by atomic mass is 32.1. The Kier molecular flexibility index (Phi) is 7.93. The van der Waals surface area contributed by atoms with E-state index in [0.29, 0.717) is 30.8 Å². The zero-order chi connectivity index (χ0) is 20.5. The van der Waals surface area contributed by atoms with Gasteiger partial charge in [0.1, 0.15) is 5.01 Å². The Morgan fingerprint density at radius 1 is 1.14 bits per heavy atom. The van der Waals surface area contributed by atoms with Gasteiger partial charge >= 0.3 is 0 Å². The third-order valence-electron chi connectivity index (χ3n) is 5.00. The van der Waals surface area contributed by atoms with Crippen LogP contribution < -0.4 is 10.6 Å². The number of hydrogen-bond acceptors (Lipinski definition) is 5. The van der Waals surface area contributed by atoms with Crippen LogP contribution in [0.4, 0.5) is 5.69 Å². The van der Waals surface area contributed by atoms with Gasteiger partial charge in [-0.15, -0.1) is 10.2 Å². The third kappa shape index (κ3) is 6.78. The molecule has 0 aliphatic heterocycles. The van der Waals surface area contributed by atoms with Gasteiger partial charge in [0.2, 0.25) is 10.9 Å². The molecule has 154 valence electrons. The Labute approximate surface area is 175 Å². The standard InChI is InChI=1S/C22H28N4O2S/c1-16-8-5-6-11-18(16)24-21(28)22-26-25-20(29-22)13-7-12-19(27)23-15-14-17-9-3-2-4-10-17/h5-6,8-9,11H,2-4,7,10,12-15H2,1H3,(H,23,27)(H,24,28). The third-order valence-corrected chi connectivity index (χ3v) is 5.98. The quantitative estimate of drug-likeness (QED) is 0.597. The van der Waals surface area contributed by atoms with E-state index in [4.69, 9.17) is 0 Å². The van der Waals surface area contributed by atoms with E-state index in [1.165, 1.54) is 42.6 Å². The predicted octanol–water partition coefficient (Wildman–Crippen LogP) is 4.43. The SMILES string of the molecule is Cc1ccccc1NC(=O)c1nnc(CCCC(=O)NCCC2=CCCCC2)s1. The van der Waals surface area contributed by atoms with Gasteiger partial charge in [0.05, 0.1) is 0 Å². The summed E-state index contributed by atoms with van der Waals surface area (Å²) in [6, 6.07) is 7.61. The highest BCUT2D eigenvalue weighted by Crippen LogP contribution is 2.20. The number of rotatable bonds is 9. The molecule has 2 N–H and O–H groups in total. The minimum atomic E-state index is -0.252. The summed E-state index contributed by atoms with van der Waals surface area (Å²) in [7, 11) is 0. The van der Waals surface area contributed by atoms with Crippen molar-refractivity contribution < 1.29 is 9.59 Å². The number of benzene rings is 1. The molecule has 1 aliphatic rings. The van der Waals surface area contributed by atoms with Crippen LogP contribution in [0.3, 0.4) is 0 Å². The van der Waals surface area contributed by atoms with E-state index < -0.39 is 0 Å². The van der Waals surface area contributed by atoms with Gasteiger partial charge in [-0.25, -0.2) is 0 Å². The van der Waals surface area contributed by atoms with Crippen LogP contribution in [-0.2, 0) is 11.2 Å². The lowest BCUT2D eigenvalue weighted by atomic mass is 9.97. The number of anilines is 1. The Morgan fingerprint density at radius 2 is 2.00 bits per heavy atom. The maximum atomic E-state index is 12.3. The molecule has 3 rings (SSSR count). The summed E-state index contributed by atoms with van der Waals surface area (Å²) >= 11 is 1.28. The van der Waals surface area contributed by atoms with Gasteiger partial charge in [-0.2, -0.15) is 0 Å². The number of para-hydroxylation sites is 1. The molecule has 6 nitrogen and oxygen atoms in total. The Bertz CT molecular complexity index is 875. The summed E-state index contributed by atoms with van der Waals surface area (Å²) < 4.78 is 0. The van der Waals surface area contributed by atoms with Crippen LogP contribution in [0.25, 0.3) is 0 Å². The highest BCUT2D eigenvalue weighted by Gasteiger charge is 2.14. The summed E-state index contributed by atoms with van der Waals surface area (Å²) in [6.07, 6.45) is 9.99. The van der Waals surface area contributed by atoms with Gasteiger partial charge in [0, 0.05) is 25.1 Å². The smallest absolute Gasteiger partial charge is 0.286 e. The fourth-order valence-corrected chi connectivity index (χ4v) is 4.09. The van der Waals surface area contributed by atoms with Crippen LogP contribution in [0.15, 0.2) is 35.9 Å². The normalized spacial score (nSPS) is 13.6. The molecular weight excluding hydrogens is 384 g/mol. The van der Waals surface area contributed by atoms with Crippen LogP contribution >= 0.6 is 11.3 Å². The van der Waals surface area contributed by atoms with Crippen molar-refractivity contribution in [2.24, 2.45) is 0 Å². The van der Waals surface area contributed by atoms with Crippen LogP contribution in [-0.4, -0.2) is 28.6 Å². The largest absolute Gasteiger partial charge is 0.356 e.